The van der Waals surface area contributed by atoms with Crippen LogP contribution < -0.4 is 5.32 Å². The van der Waals surface area contributed by atoms with Crippen LogP contribution in [0, 0.1) is 13.8 Å². The van der Waals surface area contributed by atoms with Crippen LogP contribution in [0.2, 0.25) is 0 Å². The average Bonchev–Trinajstić information content (AvgIpc) is 2.83. The van der Waals surface area contributed by atoms with E-state index in [1.165, 1.54) is 24.0 Å². The van der Waals surface area contributed by atoms with Crippen LogP contribution in [0.3, 0.4) is 0 Å². The van der Waals surface area contributed by atoms with Gasteiger partial charge in [0.2, 0.25) is 0 Å². The van der Waals surface area contributed by atoms with Crippen molar-refractivity contribution >= 4 is 11.7 Å². The molecule has 0 aliphatic carbocycles. The van der Waals surface area contributed by atoms with Crippen molar-refractivity contribution in [3.8, 4) is 0 Å². The molecule has 0 saturated carbocycles. The van der Waals surface area contributed by atoms with Crippen LogP contribution in [-0.4, -0.2) is 17.5 Å². The lowest BCUT2D eigenvalue weighted by molar-refractivity contribution is 0.189. The quantitative estimate of drug-likeness (QED) is 0.783. The van der Waals surface area contributed by atoms with Gasteiger partial charge < -0.3 is 10.2 Å². The van der Waals surface area contributed by atoms with Gasteiger partial charge in [0.25, 0.3) is 0 Å². The fraction of sp³-hybridized carbons (Fsp3) is 0.381. The van der Waals surface area contributed by atoms with Crippen molar-refractivity contribution in [3.63, 3.8) is 0 Å². The highest BCUT2D eigenvalue weighted by atomic mass is 16.2. The monoisotopic (exact) mass is 322 g/mol. The van der Waals surface area contributed by atoms with Crippen LogP contribution in [-0.2, 0) is 0 Å². The Labute approximate surface area is 144 Å². The first-order chi connectivity index (χ1) is 11.6. The molecule has 1 aliphatic heterocycles. The number of amides is 2. The van der Waals surface area contributed by atoms with Gasteiger partial charge in [-0.15, -0.1) is 0 Å². The number of carbonyl (C=O) groups excluding carboxylic acids is 1. The number of likely N-dealkylation sites (tertiary alicyclic amines) is 1. The van der Waals surface area contributed by atoms with Crippen molar-refractivity contribution < 1.29 is 4.79 Å². The molecule has 126 valence electrons. The minimum absolute atomic E-state index is 0.0118. The third-order valence-corrected chi connectivity index (χ3v) is 4.83. The van der Waals surface area contributed by atoms with Crippen molar-refractivity contribution in [2.45, 2.75) is 45.6 Å². The second-order valence-corrected chi connectivity index (χ2v) is 6.72. The first-order valence-electron chi connectivity index (χ1n) is 8.85. The number of urea groups is 1. The van der Waals surface area contributed by atoms with E-state index in [1.807, 2.05) is 36.1 Å². The van der Waals surface area contributed by atoms with Crippen molar-refractivity contribution in [1.82, 2.24) is 4.90 Å². The molecule has 0 unspecified atom stereocenters. The van der Waals surface area contributed by atoms with E-state index in [9.17, 15) is 4.79 Å². The van der Waals surface area contributed by atoms with E-state index in [2.05, 4.69) is 36.5 Å². The molecule has 2 aromatic rings. The molecule has 0 radical (unpaired) electrons. The molecule has 3 nitrogen and oxygen atoms in total. The van der Waals surface area contributed by atoms with Crippen molar-refractivity contribution in [2.24, 2.45) is 0 Å². The second-order valence-electron chi connectivity index (χ2n) is 6.72. The number of aryl methyl sites for hydroxylation is 2. The van der Waals surface area contributed by atoms with Crippen LogP contribution in [0.4, 0.5) is 10.5 Å². The van der Waals surface area contributed by atoms with Crippen LogP contribution in [0.25, 0.3) is 0 Å². The molecule has 2 aromatic carbocycles. The van der Waals surface area contributed by atoms with Gasteiger partial charge in [0.05, 0.1) is 6.04 Å². The molecule has 0 aromatic heterocycles. The van der Waals surface area contributed by atoms with Gasteiger partial charge >= 0.3 is 6.03 Å². The molecule has 1 saturated heterocycles. The SMILES string of the molecule is Cc1cccc([C@H]2CCCCCN2C(=O)Nc2ccccc2C)c1. The van der Waals surface area contributed by atoms with Crippen molar-refractivity contribution in [2.75, 3.05) is 11.9 Å². The highest BCUT2D eigenvalue weighted by Gasteiger charge is 2.27. The Morgan fingerprint density at radius 2 is 1.88 bits per heavy atom. The number of nitrogens with one attached hydrogen (secondary N) is 1. The molecule has 0 bridgehead atoms. The number of carbonyl (C=O) groups is 1. The summed E-state index contributed by atoms with van der Waals surface area (Å²) in [5, 5.41) is 3.11. The molecule has 1 fully saturated rings. The summed E-state index contributed by atoms with van der Waals surface area (Å²) in [6.07, 6.45) is 4.47. The number of hydrogen-bond acceptors (Lipinski definition) is 1. The Hall–Kier alpha value is -2.29. The Morgan fingerprint density at radius 1 is 1.04 bits per heavy atom. The molecule has 3 heteroatoms. The topological polar surface area (TPSA) is 32.3 Å². The lowest BCUT2D eigenvalue weighted by atomic mass is 9.99. The van der Waals surface area contributed by atoms with E-state index in [1.54, 1.807) is 0 Å². The zero-order valence-electron chi connectivity index (χ0n) is 14.6. The summed E-state index contributed by atoms with van der Waals surface area (Å²) in [6, 6.07) is 16.7. The third kappa shape index (κ3) is 3.78. The number of anilines is 1. The third-order valence-electron chi connectivity index (χ3n) is 4.83. The van der Waals surface area contributed by atoms with Crippen LogP contribution in [0.1, 0.15) is 48.4 Å². The summed E-state index contributed by atoms with van der Waals surface area (Å²) in [4.78, 5) is 15.0. The fourth-order valence-corrected chi connectivity index (χ4v) is 3.48. The van der Waals surface area contributed by atoms with Gasteiger partial charge in [-0.3, -0.25) is 0 Å². The van der Waals surface area contributed by atoms with Gasteiger partial charge in [-0.1, -0.05) is 60.9 Å². The van der Waals surface area contributed by atoms with Gasteiger partial charge in [0.1, 0.15) is 0 Å². The first-order valence-corrected chi connectivity index (χ1v) is 8.85. The van der Waals surface area contributed by atoms with Crippen molar-refractivity contribution in [1.29, 1.82) is 0 Å². The summed E-state index contributed by atoms with van der Waals surface area (Å²) < 4.78 is 0. The number of hydrogen-bond donors (Lipinski definition) is 1. The standard InChI is InChI=1S/C21H26N2O/c1-16-9-8-11-18(15-16)20-13-4-3-7-14-23(20)21(24)22-19-12-6-5-10-17(19)2/h5-6,8-12,15,20H,3-4,7,13-14H2,1-2H3,(H,22,24)/t20-/m1/s1. The molecule has 1 N–H and O–H groups in total. The summed E-state index contributed by atoms with van der Waals surface area (Å²) >= 11 is 0. The molecule has 3 rings (SSSR count). The number of para-hydroxylation sites is 1. The van der Waals surface area contributed by atoms with E-state index < -0.39 is 0 Å². The number of rotatable bonds is 2. The second kappa shape index (κ2) is 7.52. The van der Waals surface area contributed by atoms with Crippen LogP contribution >= 0.6 is 0 Å². The van der Waals surface area contributed by atoms with E-state index in [-0.39, 0.29) is 12.1 Å². The fourth-order valence-electron chi connectivity index (χ4n) is 3.48. The smallest absolute Gasteiger partial charge is 0.317 e. The highest BCUT2D eigenvalue weighted by molar-refractivity contribution is 5.90. The molecule has 1 aliphatic rings. The lowest BCUT2D eigenvalue weighted by Crippen LogP contribution is -2.38. The van der Waals surface area contributed by atoms with Gasteiger partial charge in [-0.2, -0.15) is 0 Å². The predicted molar refractivity (Wildman–Crippen MR) is 99.3 cm³/mol. The zero-order chi connectivity index (χ0) is 16.9. The van der Waals surface area contributed by atoms with Crippen LogP contribution in [0.15, 0.2) is 48.5 Å². The Kier molecular flexibility index (Phi) is 5.19. The highest BCUT2D eigenvalue weighted by Crippen LogP contribution is 2.31. The molecule has 2 amide bonds. The Bertz CT molecular complexity index is 710. The maximum atomic E-state index is 13.0. The first kappa shape index (κ1) is 16.6. The number of benzene rings is 2. The van der Waals surface area contributed by atoms with Gasteiger partial charge in [-0.25, -0.2) is 4.79 Å². The van der Waals surface area contributed by atoms with Gasteiger partial charge in [0.15, 0.2) is 0 Å². The maximum Gasteiger partial charge on any atom is 0.322 e. The largest absolute Gasteiger partial charge is 0.322 e. The molecule has 0 spiro atoms. The minimum Gasteiger partial charge on any atom is -0.317 e. The van der Waals surface area contributed by atoms with Gasteiger partial charge in [-0.05, 0) is 43.9 Å². The Balaban J connectivity index is 1.84. The lowest BCUT2D eigenvalue weighted by Gasteiger charge is -2.31. The molecular weight excluding hydrogens is 296 g/mol. The average molecular weight is 322 g/mol. The summed E-state index contributed by atoms with van der Waals surface area (Å²) in [5.74, 6) is 0. The normalized spacial score (nSPS) is 18.1. The summed E-state index contributed by atoms with van der Waals surface area (Å²) in [6.45, 7) is 4.95. The van der Waals surface area contributed by atoms with Gasteiger partial charge in [0, 0.05) is 12.2 Å². The zero-order valence-corrected chi connectivity index (χ0v) is 14.6. The Morgan fingerprint density at radius 3 is 2.67 bits per heavy atom. The van der Waals surface area contributed by atoms with E-state index >= 15 is 0 Å². The number of nitrogens with zero attached hydrogens (tertiary/aromatic N) is 1. The molecule has 1 heterocycles. The maximum absolute atomic E-state index is 13.0. The van der Waals surface area contributed by atoms with Crippen LogP contribution in [0.5, 0.6) is 0 Å². The van der Waals surface area contributed by atoms with E-state index in [0.717, 1.165) is 30.6 Å². The van der Waals surface area contributed by atoms with E-state index in [0.29, 0.717) is 0 Å². The molecular formula is C21H26N2O. The van der Waals surface area contributed by atoms with E-state index in [4.69, 9.17) is 0 Å². The minimum atomic E-state index is 0.0118. The van der Waals surface area contributed by atoms with Crippen molar-refractivity contribution in [3.05, 3.63) is 65.2 Å². The summed E-state index contributed by atoms with van der Waals surface area (Å²) in [7, 11) is 0. The summed E-state index contributed by atoms with van der Waals surface area (Å²) in [5.41, 5.74) is 4.48. The molecule has 1 atom stereocenters. The predicted octanol–water partition coefficient (Wildman–Crippen LogP) is 5.45. The molecule has 24 heavy (non-hydrogen) atoms.